The molecule has 0 aromatic heterocycles. The zero-order valence-electron chi connectivity index (χ0n) is 14.0. The van der Waals surface area contributed by atoms with Gasteiger partial charge in [0.1, 0.15) is 0 Å². The molecule has 0 amide bonds. The van der Waals surface area contributed by atoms with E-state index < -0.39 is 0 Å². The smallest absolute Gasteiger partial charge is 0.00993 e. The summed E-state index contributed by atoms with van der Waals surface area (Å²) in [6.45, 7) is 9.46. The Labute approximate surface area is 126 Å². The van der Waals surface area contributed by atoms with Gasteiger partial charge in [0.05, 0.1) is 0 Å². The fraction of sp³-hybridized carbons (Fsp3) is 1.00. The number of hydrogen-bond acceptors (Lipinski definition) is 2. The van der Waals surface area contributed by atoms with Gasteiger partial charge in [-0.2, -0.15) is 0 Å². The average molecular weight is 280 g/mol. The Hall–Kier alpha value is -0.0800. The maximum atomic E-state index is 3.65. The highest BCUT2D eigenvalue weighted by Crippen LogP contribution is 2.31. The van der Waals surface area contributed by atoms with Gasteiger partial charge in [-0.1, -0.05) is 33.6 Å². The molecule has 2 aliphatic rings. The molecule has 2 heteroatoms. The highest BCUT2D eigenvalue weighted by atomic mass is 15.2. The molecule has 0 unspecified atom stereocenters. The van der Waals surface area contributed by atoms with Gasteiger partial charge in [-0.05, 0) is 64.0 Å². The quantitative estimate of drug-likeness (QED) is 0.752. The minimum absolute atomic E-state index is 0.798. The monoisotopic (exact) mass is 280 g/mol. The van der Waals surface area contributed by atoms with Crippen LogP contribution in [0.25, 0.3) is 0 Å². The lowest BCUT2D eigenvalue weighted by atomic mass is 9.88. The lowest BCUT2D eigenvalue weighted by molar-refractivity contribution is 0.0924. The van der Waals surface area contributed by atoms with Crippen molar-refractivity contribution < 1.29 is 0 Å². The van der Waals surface area contributed by atoms with Crippen LogP contribution in [0, 0.1) is 5.92 Å². The number of hydrogen-bond donors (Lipinski definition) is 1. The molecule has 2 fully saturated rings. The van der Waals surface area contributed by atoms with Crippen LogP contribution in [0.4, 0.5) is 0 Å². The Morgan fingerprint density at radius 1 is 0.950 bits per heavy atom. The van der Waals surface area contributed by atoms with E-state index in [9.17, 15) is 0 Å². The lowest BCUT2D eigenvalue weighted by Gasteiger charge is -2.41. The molecule has 0 aliphatic heterocycles. The van der Waals surface area contributed by atoms with Crippen molar-refractivity contribution in [2.75, 3.05) is 13.1 Å². The number of nitrogens with one attached hydrogen (secondary N) is 1. The summed E-state index contributed by atoms with van der Waals surface area (Å²) in [5.41, 5.74) is 0. The van der Waals surface area contributed by atoms with Gasteiger partial charge in [0.2, 0.25) is 0 Å². The largest absolute Gasteiger partial charge is 0.314 e. The van der Waals surface area contributed by atoms with Crippen LogP contribution < -0.4 is 5.32 Å². The van der Waals surface area contributed by atoms with E-state index in [0.717, 1.165) is 30.6 Å². The molecule has 0 aromatic rings. The van der Waals surface area contributed by atoms with Crippen molar-refractivity contribution in [3.05, 3.63) is 0 Å². The highest BCUT2D eigenvalue weighted by molar-refractivity contribution is 4.88. The van der Waals surface area contributed by atoms with Gasteiger partial charge < -0.3 is 5.32 Å². The predicted octanol–water partition coefficient (Wildman–Crippen LogP) is 4.20. The Bertz CT molecular complexity index is 250. The van der Waals surface area contributed by atoms with Crippen LogP contribution in [-0.4, -0.2) is 36.1 Å². The van der Waals surface area contributed by atoms with Crippen LogP contribution in [0.1, 0.15) is 78.6 Å². The molecule has 0 spiro atoms. The second kappa shape index (κ2) is 8.38. The summed E-state index contributed by atoms with van der Waals surface area (Å²) >= 11 is 0. The van der Waals surface area contributed by atoms with Gasteiger partial charge in [-0.15, -0.1) is 0 Å². The van der Waals surface area contributed by atoms with Gasteiger partial charge in [0, 0.05) is 18.1 Å². The molecule has 0 heterocycles. The second-order valence-corrected chi connectivity index (χ2v) is 7.42. The molecule has 2 rings (SSSR count). The van der Waals surface area contributed by atoms with Crippen molar-refractivity contribution in [2.24, 2.45) is 5.92 Å². The minimum atomic E-state index is 0.798. The maximum absolute atomic E-state index is 3.65. The van der Waals surface area contributed by atoms with Crippen LogP contribution in [0.2, 0.25) is 0 Å². The average Bonchev–Trinajstić information content (AvgIpc) is 2.95. The molecule has 0 atom stereocenters. The third-order valence-corrected chi connectivity index (χ3v) is 5.42. The second-order valence-electron chi connectivity index (χ2n) is 7.42. The minimum Gasteiger partial charge on any atom is -0.314 e. The van der Waals surface area contributed by atoms with E-state index in [1.54, 1.807) is 0 Å². The summed E-state index contributed by atoms with van der Waals surface area (Å²) in [5.74, 6) is 0.844. The summed E-state index contributed by atoms with van der Waals surface area (Å²) < 4.78 is 0. The third kappa shape index (κ3) is 4.73. The molecule has 2 saturated carbocycles. The molecule has 1 N–H and O–H groups in total. The van der Waals surface area contributed by atoms with Gasteiger partial charge in [0.15, 0.2) is 0 Å². The molecular formula is C18H36N2. The fourth-order valence-electron chi connectivity index (χ4n) is 4.21. The number of nitrogens with zero attached hydrogens (tertiary/aromatic N) is 1. The Kier molecular flexibility index (Phi) is 6.83. The van der Waals surface area contributed by atoms with E-state index in [2.05, 4.69) is 31.0 Å². The first kappa shape index (κ1) is 16.3. The number of rotatable bonds is 7. The Morgan fingerprint density at radius 2 is 1.55 bits per heavy atom. The van der Waals surface area contributed by atoms with Crippen molar-refractivity contribution in [3.8, 4) is 0 Å². The van der Waals surface area contributed by atoms with E-state index in [1.807, 2.05) is 0 Å². The Morgan fingerprint density at radius 3 is 2.10 bits per heavy atom. The van der Waals surface area contributed by atoms with E-state index in [4.69, 9.17) is 0 Å². The summed E-state index contributed by atoms with van der Waals surface area (Å²) in [6.07, 6.45) is 12.9. The van der Waals surface area contributed by atoms with Crippen LogP contribution in [-0.2, 0) is 0 Å². The molecule has 0 bridgehead atoms. The van der Waals surface area contributed by atoms with Crippen molar-refractivity contribution in [1.29, 1.82) is 0 Å². The summed E-state index contributed by atoms with van der Waals surface area (Å²) in [6, 6.07) is 2.59. The molecule has 20 heavy (non-hydrogen) atoms. The van der Waals surface area contributed by atoms with Crippen molar-refractivity contribution >= 4 is 0 Å². The van der Waals surface area contributed by atoms with E-state index >= 15 is 0 Å². The van der Waals surface area contributed by atoms with Crippen molar-refractivity contribution in [3.63, 3.8) is 0 Å². The maximum Gasteiger partial charge on any atom is 0.00993 e. The molecule has 2 nitrogen and oxygen atoms in total. The Balaban J connectivity index is 1.86. The standard InChI is InChI=1S/C18H36N2/c1-4-19-16-9-11-18(12-10-16)20(14-13-15(2)3)17-7-5-6-8-17/h15-19H,4-14H2,1-3H3. The first-order valence-electron chi connectivity index (χ1n) is 9.19. The van der Waals surface area contributed by atoms with Gasteiger partial charge in [0.25, 0.3) is 0 Å². The van der Waals surface area contributed by atoms with Gasteiger partial charge >= 0.3 is 0 Å². The van der Waals surface area contributed by atoms with Crippen LogP contribution in [0.15, 0.2) is 0 Å². The lowest BCUT2D eigenvalue weighted by Crippen LogP contribution is -2.47. The molecule has 0 saturated heterocycles. The van der Waals surface area contributed by atoms with Gasteiger partial charge in [-0.3, -0.25) is 4.90 Å². The zero-order chi connectivity index (χ0) is 14.4. The summed E-state index contributed by atoms with van der Waals surface area (Å²) in [7, 11) is 0. The van der Waals surface area contributed by atoms with E-state index in [0.29, 0.717) is 0 Å². The molecule has 0 aromatic carbocycles. The topological polar surface area (TPSA) is 15.3 Å². The molecule has 2 aliphatic carbocycles. The van der Waals surface area contributed by atoms with Crippen molar-refractivity contribution in [1.82, 2.24) is 10.2 Å². The van der Waals surface area contributed by atoms with Crippen LogP contribution in [0.3, 0.4) is 0 Å². The summed E-state index contributed by atoms with van der Waals surface area (Å²) in [5, 5.41) is 3.65. The predicted molar refractivity (Wildman–Crippen MR) is 88.1 cm³/mol. The molecule has 0 radical (unpaired) electrons. The van der Waals surface area contributed by atoms with Crippen molar-refractivity contribution in [2.45, 2.75) is 96.7 Å². The zero-order valence-corrected chi connectivity index (χ0v) is 14.0. The fourth-order valence-corrected chi connectivity index (χ4v) is 4.21. The molecule has 118 valence electrons. The first-order valence-corrected chi connectivity index (χ1v) is 9.19. The SMILES string of the molecule is CCNC1CCC(N(CCC(C)C)C2CCCC2)CC1. The summed E-state index contributed by atoms with van der Waals surface area (Å²) in [4.78, 5) is 2.93. The third-order valence-electron chi connectivity index (χ3n) is 5.42. The first-order chi connectivity index (χ1) is 9.70. The molecular weight excluding hydrogens is 244 g/mol. The van der Waals surface area contributed by atoms with Crippen LogP contribution >= 0.6 is 0 Å². The van der Waals surface area contributed by atoms with Crippen LogP contribution in [0.5, 0.6) is 0 Å². The normalized spacial score (nSPS) is 28.6. The van der Waals surface area contributed by atoms with E-state index in [-0.39, 0.29) is 0 Å². The van der Waals surface area contributed by atoms with Gasteiger partial charge in [-0.25, -0.2) is 0 Å². The highest BCUT2D eigenvalue weighted by Gasteiger charge is 2.31. The van der Waals surface area contributed by atoms with E-state index in [1.165, 1.54) is 64.3 Å².